The molecule has 3 aromatic rings. The van der Waals surface area contributed by atoms with Crippen LogP contribution >= 0.6 is 0 Å². The Balaban J connectivity index is 1.95. The van der Waals surface area contributed by atoms with Crippen molar-refractivity contribution < 1.29 is 0 Å². The molecule has 0 saturated carbocycles. The van der Waals surface area contributed by atoms with Crippen LogP contribution in [0.4, 0.5) is 0 Å². The van der Waals surface area contributed by atoms with Crippen molar-refractivity contribution >= 4 is 5.84 Å². The SMILES string of the molecule is CC(C)C(c1ccccc1)n1cnc(-c2cc(/C(N)=N/NN)ccn2)c1. The highest BCUT2D eigenvalue weighted by molar-refractivity contribution is 5.97. The lowest BCUT2D eigenvalue weighted by Crippen LogP contribution is -2.23. The third-order valence-corrected chi connectivity index (χ3v) is 4.20. The lowest BCUT2D eigenvalue weighted by Gasteiger charge is -2.22. The van der Waals surface area contributed by atoms with E-state index in [4.69, 9.17) is 11.6 Å². The Morgan fingerprint density at radius 1 is 1.12 bits per heavy atom. The van der Waals surface area contributed by atoms with E-state index in [1.54, 1.807) is 12.3 Å². The van der Waals surface area contributed by atoms with Gasteiger partial charge in [-0.2, -0.15) is 0 Å². The van der Waals surface area contributed by atoms with Crippen LogP contribution in [-0.2, 0) is 0 Å². The van der Waals surface area contributed by atoms with Gasteiger partial charge in [0, 0.05) is 18.0 Å². The number of benzene rings is 1. The van der Waals surface area contributed by atoms with Gasteiger partial charge in [0.2, 0.25) is 0 Å². The smallest absolute Gasteiger partial charge is 0.152 e. The Morgan fingerprint density at radius 3 is 2.58 bits per heavy atom. The van der Waals surface area contributed by atoms with Gasteiger partial charge in [0.05, 0.1) is 18.1 Å². The predicted molar refractivity (Wildman–Crippen MR) is 103 cm³/mol. The molecule has 134 valence electrons. The van der Waals surface area contributed by atoms with Crippen molar-refractivity contribution in [3.63, 3.8) is 0 Å². The predicted octanol–water partition coefficient (Wildman–Crippen LogP) is 2.27. The molecule has 0 amide bonds. The first-order valence-corrected chi connectivity index (χ1v) is 8.44. The minimum atomic E-state index is 0.203. The maximum atomic E-state index is 5.88. The average molecular weight is 349 g/mol. The van der Waals surface area contributed by atoms with E-state index < -0.39 is 0 Å². The van der Waals surface area contributed by atoms with E-state index in [1.807, 2.05) is 24.7 Å². The fourth-order valence-corrected chi connectivity index (χ4v) is 3.04. The summed E-state index contributed by atoms with van der Waals surface area (Å²) in [6.45, 7) is 4.40. The molecule has 0 spiro atoms. The summed E-state index contributed by atoms with van der Waals surface area (Å²) in [7, 11) is 0. The highest BCUT2D eigenvalue weighted by atomic mass is 15.5. The highest BCUT2D eigenvalue weighted by Gasteiger charge is 2.18. The first-order chi connectivity index (χ1) is 12.6. The highest BCUT2D eigenvalue weighted by Crippen LogP contribution is 2.28. The number of hydrogen-bond acceptors (Lipinski definition) is 5. The molecule has 0 bridgehead atoms. The first kappa shape index (κ1) is 17.6. The van der Waals surface area contributed by atoms with Crippen molar-refractivity contribution in [1.82, 2.24) is 20.1 Å². The van der Waals surface area contributed by atoms with E-state index in [-0.39, 0.29) is 6.04 Å². The molecule has 0 radical (unpaired) electrons. The first-order valence-electron chi connectivity index (χ1n) is 8.44. The molecule has 26 heavy (non-hydrogen) atoms. The lowest BCUT2D eigenvalue weighted by atomic mass is 9.96. The normalized spacial score (nSPS) is 13.0. The van der Waals surface area contributed by atoms with Gasteiger partial charge in [-0.05, 0) is 23.6 Å². The molecule has 0 saturated heterocycles. The van der Waals surface area contributed by atoms with E-state index in [9.17, 15) is 0 Å². The topological polar surface area (TPSA) is 107 Å². The Morgan fingerprint density at radius 2 is 1.88 bits per heavy atom. The number of pyridine rings is 1. The number of rotatable bonds is 6. The van der Waals surface area contributed by atoms with Crippen LogP contribution in [0.2, 0.25) is 0 Å². The van der Waals surface area contributed by atoms with Crippen molar-refractivity contribution in [2.45, 2.75) is 19.9 Å². The van der Waals surface area contributed by atoms with Crippen molar-refractivity contribution in [2.24, 2.45) is 22.6 Å². The molecule has 2 aromatic heterocycles. The Bertz CT molecular complexity index is 884. The number of amidine groups is 1. The molecule has 2 heterocycles. The zero-order valence-corrected chi connectivity index (χ0v) is 14.9. The van der Waals surface area contributed by atoms with Crippen LogP contribution < -0.4 is 17.1 Å². The standard InChI is InChI=1S/C19H23N7/c1-13(2)18(14-6-4-3-5-7-14)26-11-17(23-12-26)16-10-15(8-9-22-16)19(20)24-25-21/h3-13,18,25H,21H2,1-2H3,(H2,20,24). The van der Waals surface area contributed by atoms with E-state index in [0.717, 1.165) is 17.0 Å². The molecule has 7 heteroatoms. The van der Waals surface area contributed by atoms with Crippen LogP contribution in [0, 0.1) is 5.92 Å². The Labute approximate surface area is 152 Å². The van der Waals surface area contributed by atoms with Crippen LogP contribution in [0.5, 0.6) is 0 Å². The van der Waals surface area contributed by atoms with Crippen molar-refractivity contribution in [1.29, 1.82) is 0 Å². The molecule has 0 aliphatic heterocycles. The zero-order chi connectivity index (χ0) is 18.5. The lowest BCUT2D eigenvalue weighted by molar-refractivity contribution is 0.436. The van der Waals surface area contributed by atoms with Gasteiger partial charge in [-0.1, -0.05) is 44.2 Å². The summed E-state index contributed by atoms with van der Waals surface area (Å²) in [6.07, 6.45) is 5.54. The zero-order valence-electron chi connectivity index (χ0n) is 14.9. The summed E-state index contributed by atoms with van der Waals surface area (Å²) in [5, 5.41) is 3.79. The van der Waals surface area contributed by atoms with Crippen molar-refractivity contribution in [2.75, 3.05) is 0 Å². The fourth-order valence-electron chi connectivity index (χ4n) is 3.04. The van der Waals surface area contributed by atoms with Crippen LogP contribution in [-0.4, -0.2) is 20.4 Å². The molecule has 0 aliphatic rings. The number of nitrogens with one attached hydrogen (secondary N) is 1. The minimum Gasteiger partial charge on any atom is -0.382 e. The molecule has 1 unspecified atom stereocenters. The summed E-state index contributed by atoms with van der Waals surface area (Å²) >= 11 is 0. The number of hydrogen-bond donors (Lipinski definition) is 3. The minimum absolute atomic E-state index is 0.203. The quantitative estimate of drug-likeness (QED) is 0.274. The van der Waals surface area contributed by atoms with Crippen LogP contribution in [0.25, 0.3) is 11.4 Å². The monoisotopic (exact) mass is 349 g/mol. The molecule has 5 N–H and O–H groups in total. The number of hydrazone groups is 1. The summed E-state index contributed by atoms with van der Waals surface area (Å²) in [5.74, 6) is 5.89. The second-order valence-electron chi connectivity index (χ2n) is 6.36. The van der Waals surface area contributed by atoms with Crippen LogP contribution in [0.15, 0.2) is 66.3 Å². The van der Waals surface area contributed by atoms with Gasteiger partial charge in [-0.3, -0.25) is 4.98 Å². The maximum Gasteiger partial charge on any atom is 0.152 e. The maximum absolute atomic E-state index is 5.88. The van der Waals surface area contributed by atoms with Crippen molar-refractivity contribution in [3.8, 4) is 11.4 Å². The van der Waals surface area contributed by atoms with E-state index >= 15 is 0 Å². The van der Waals surface area contributed by atoms with Gasteiger partial charge in [0.25, 0.3) is 0 Å². The Hall–Kier alpha value is -3.19. The molecular formula is C19H23N7. The van der Waals surface area contributed by atoms with Crippen LogP contribution in [0.3, 0.4) is 0 Å². The van der Waals surface area contributed by atoms with Gasteiger partial charge in [-0.15, -0.1) is 5.10 Å². The summed E-state index contributed by atoms with van der Waals surface area (Å²) in [4.78, 5) is 8.95. The summed E-state index contributed by atoms with van der Waals surface area (Å²) in [5.41, 5.74) is 11.6. The summed E-state index contributed by atoms with van der Waals surface area (Å²) in [6, 6.07) is 14.2. The summed E-state index contributed by atoms with van der Waals surface area (Å²) < 4.78 is 2.13. The average Bonchev–Trinajstić information content (AvgIpc) is 3.12. The van der Waals surface area contributed by atoms with E-state index in [0.29, 0.717) is 11.8 Å². The fraction of sp³-hybridized carbons (Fsp3) is 0.211. The third-order valence-electron chi connectivity index (χ3n) is 4.20. The van der Waals surface area contributed by atoms with Gasteiger partial charge in [-0.25, -0.2) is 16.4 Å². The van der Waals surface area contributed by atoms with Gasteiger partial charge in [0.1, 0.15) is 5.69 Å². The van der Waals surface area contributed by atoms with Gasteiger partial charge in [0.15, 0.2) is 5.84 Å². The number of aromatic nitrogens is 3. The molecule has 1 atom stereocenters. The van der Waals surface area contributed by atoms with Crippen molar-refractivity contribution in [3.05, 3.63) is 72.3 Å². The largest absolute Gasteiger partial charge is 0.382 e. The second-order valence-corrected chi connectivity index (χ2v) is 6.36. The molecule has 3 rings (SSSR count). The molecule has 0 fully saturated rings. The molecule has 0 aliphatic carbocycles. The van der Waals surface area contributed by atoms with E-state index in [1.165, 1.54) is 5.56 Å². The number of imidazole rings is 1. The number of nitrogens with two attached hydrogens (primary N) is 2. The molecule has 7 nitrogen and oxygen atoms in total. The Kier molecular flexibility index (Phi) is 5.28. The molecule has 1 aromatic carbocycles. The third kappa shape index (κ3) is 3.73. The number of nitrogens with zero attached hydrogens (tertiary/aromatic N) is 4. The number of hydrazine groups is 1. The van der Waals surface area contributed by atoms with E-state index in [2.05, 4.69) is 63.3 Å². The second kappa shape index (κ2) is 7.79. The molecular weight excluding hydrogens is 326 g/mol. The van der Waals surface area contributed by atoms with Gasteiger partial charge < -0.3 is 10.3 Å². The van der Waals surface area contributed by atoms with Gasteiger partial charge >= 0.3 is 0 Å². The van der Waals surface area contributed by atoms with Crippen LogP contribution in [0.1, 0.15) is 31.0 Å².